The molecule has 24 heavy (non-hydrogen) atoms. The SMILES string of the molecule is CC(=O)NCC1CCCN(c2cc(C)nc(-c3cccnc3)n2)C1. The highest BCUT2D eigenvalue weighted by molar-refractivity contribution is 5.72. The van der Waals surface area contributed by atoms with Gasteiger partial charge in [0.1, 0.15) is 5.82 Å². The zero-order valence-corrected chi connectivity index (χ0v) is 14.2. The van der Waals surface area contributed by atoms with Crippen LogP contribution in [0.4, 0.5) is 5.82 Å². The summed E-state index contributed by atoms with van der Waals surface area (Å²) < 4.78 is 0. The minimum absolute atomic E-state index is 0.0314. The Morgan fingerprint density at radius 3 is 3.04 bits per heavy atom. The molecule has 2 aromatic heterocycles. The molecule has 1 atom stereocenters. The lowest BCUT2D eigenvalue weighted by atomic mass is 9.98. The predicted molar refractivity (Wildman–Crippen MR) is 93.6 cm³/mol. The van der Waals surface area contributed by atoms with Crippen LogP contribution in [0.2, 0.25) is 0 Å². The normalized spacial score (nSPS) is 17.6. The summed E-state index contributed by atoms with van der Waals surface area (Å²) in [4.78, 5) is 26.9. The number of nitrogens with zero attached hydrogens (tertiary/aromatic N) is 4. The molecule has 1 saturated heterocycles. The fourth-order valence-corrected chi connectivity index (χ4v) is 3.07. The third kappa shape index (κ3) is 4.07. The Morgan fingerprint density at radius 1 is 1.42 bits per heavy atom. The number of piperidine rings is 1. The van der Waals surface area contributed by atoms with E-state index in [9.17, 15) is 4.79 Å². The lowest BCUT2D eigenvalue weighted by molar-refractivity contribution is -0.119. The maximum Gasteiger partial charge on any atom is 0.216 e. The fraction of sp³-hybridized carbons (Fsp3) is 0.444. The van der Waals surface area contributed by atoms with Crippen LogP contribution in [-0.2, 0) is 4.79 Å². The van der Waals surface area contributed by atoms with Gasteiger partial charge in [0, 0.05) is 56.3 Å². The zero-order chi connectivity index (χ0) is 16.9. The van der Waals surface area contributed by atoms with E-state index in [1.165, 1.54) is 0 Å². The molecule has 0 spiro atoms. The van der Waals surface area contributed by atoms with Gasteiger partial charge >= 0.3 is 0 Å². The third-order valence-corrected chi connectivity index (χ3v) is 4.24. The molecule has 1 fully saturated rings. The lowest BCUT2D eigenvalue weighted by Crippen LogP contribution is -2.41. The Bertz CT molecular complexity index is 704. The minimum atomic E-state index is 0.0314. The van der Waals surface area contributed by atoms with E-state index in [1.54, 1.807) is 19.3 Å². The molecular formula is C18H23N5O. The van der Waals surface area contributed by atoms with Crippen molar-refractivity contribution in [1.82, 2.24) is 20.3 Å². The molecule has 6 heteroatoms. The Hall–Kier alpha value is -2.50. The van der Waals surface area contributed by atoms with E-state index in [4.69, 9.17) is 4.98 Å². The molecule has 3 rings (SSSR count). The van der Waals surface area contributed by atoms with Crippen LogP contribution in [0.5, 0.6) is 0 Å². The average Bonchev–Trinajstić information content (AvgIpc) is 2.60. The first-order valence-electron chi connectivity index (χ1n) is 8.37. The molecule has 1 N–H and O–H groups in total. The van der Waals surface area contributed by atoms with Crippen LogP contribution in [0.25, 0.3) is 11.4 Å². The van der Waals surface area contributed by atoms with Gasteiger partial charge in [-0.3, -0.25) is 9.78 Å². The number of anilines is 1. The molecule has 3 heterocycles. The van der Waals surface area contributed by atoms with Gasteiger partial charge in [-0.15, -0.1) is 0 Å². The number of pyridine rings is 1. The van der Waals surface area contributed by atoms with Crippen molar-refractivity contribution in [3.05, 3.63) is 36.3 Å². The Labute approximate surface area is 142 Å². The van der Waals surface area contributed by atoms with Crippen LogP contribution in [0.15, 0.2) is 30.6 Å². The van der Waals surface area contributed by atoms with Gasteiger partial charge in [0.25, 0.3) is 0 Å². The summed E-state index contributed by atoms with van der Waals surface area (Å²) in [5, 5.41) is 2.93. The number of aryl methyl sites for hydroxylation is 1. The maximum absolute atomic E-state index is 11.1. The Kier molecular flexibility index (Phi) is 5.03. The molecule has 0 bridgehead atoms. The molecule has 2 aromatic rings. The van der Waals surface area contributed by atoms with E-state index < -0.39 is 0 Å². The van der Waals surface area contributed by atoms with Gasteiger partial charge in [-0.1, -0.05) is 0 Å². The molecule has 0 aliphatic carbocycles. The average molecular weight is 325 g/mol. The van der Waals surface area contributed by atoms with Crippen molar-refractivity contribution in [2.45, 2.75) is 26.7 Å². The number of aromatic nitrogens is 3. The maximum atomic E-state index is 11.1. The predicted octanol–water partition coefficient (Wildman–Crippen LogP) is 2.20. The minimum Gasteiger partial charge on any atom is -0.356 e. The van der Waals surface area contributed by atoms with Crippen LogP contribution in [0.1, 0.15) is 25.5 Å². The van der Waals surface area contributed by atoms with Gasteiger partial charge in [-0.25, -0.2) is 9.97 Å². The molecule has 0 saturated carbocycles. The van der Waals surface area contributed by atoms with Crippen molar-refractivity contribution < 1.29 is 4.79 Å². The van der Waals surface area contributed by atoms with E-state index in [1.807, 2.05) is 25.1 Å². The second-order valence-electron chi connectivity index (χ2n) is 6.32. The van der Waals surface area contributed by atoms with Crippen molar-refractivity contribution in [2.24, 2.45) is 5.92 Å². The van der Waals surface area contributed by atoms with E-state index in [2.05, 4.69) is 20.2 Å². The molecule has 1 aliphatic heterocycles. The van der Waals surface area contributed by atoms with Crippen molar-refractivity contribution >= 4 is 11.7 Å². The van der Waals surface area contributed by atoms with E-state index >= 15 is 0 Å². The highest BCUT2D eigenvalue weighted by Gasteiger charge is 2.22. The number of carbonyl (C=O) groups is 1. The summed E-state index contributed by atoms with van der Waals surface area (Å²) in [5.74, 6) is 2.15. The molecule has 126 valence electrons. The van der Waals surface area contributed by atoms with Gasteiger partial charge in [0.05, 0.1) is 0 Å². The first kappa shape index (κ1) is 16.4. The zero-order valence-electron chi connectivity index (χ0n) is 14.2. The van der Waals surface area contributed by atoms with Gasteiger partial charge in [0.15, 0.2) is 5.82 Å². The molecule has 1 amide bonds. The first-order valence-corrected chi connectivity index (χ1v) is 8.37. The summed E-state index contributed by atoms with van der Waals surface area (Å²) in [7, 11) is 0. The second kappa shape index (κ2) is 7.38. The second-order valence-corrected chi connectivity index (χ2v) is 6.32. The number of nitrogens with one attached hydrogen (secondary N) is 1. The molecular weight excluding hydrogens is 302 g/mol. The van der Waals surface area contributed by atoms with Crippen LogP contribution in [0.3, 0.4) is 0 Å². The van der Waals surface area contributed by atoms with Crippen molar-refractivity contribution in [3.63, 3.8) is 0 Å². The Morgan fingerprint density at radius 2 is 2.29 bits per heavy atom. The monoisotopic (exact) mass is 325 g/mol. The van der Waals surface area contributed by atoms with Crippen LogP contribution < -0.4 is 10.2 Å². The van der Waals surface area contributed by atoms with Crippen LogP contribution in [-0.4, -0.2) is 40.5 Å². The summed E-state index contributed by atoms with van der Waals surface area (Å²) in [6.07, 6.45) is 5.78. The van der Waals surface area contributed by atoms with Crippen LogP contribution >= 0.6 is 0 Å². The number of carbonyl (C=O) groups excluding carboxylic acids is 1. The van der Waals surface area contributed by atoms with Gasteiger partial charge in [-0.05, 0) is 37.8 Å². The topological polar surface area (TPSA) is 71.0 Å². The van der Waals surface area contributed by atoms with Crippen molar-refractivity contribution in [3.8, 4) is 11.4 Å². The van der Waals surface area contributed by atoms with Crippen molar-refractivity contribution in [2.75, 3.05) is 24.5 Å². The molecule has 0 aromatic carbocycles. The van der Waals surface area contributed by atoms with E-state index in [-0.39, 0.29) is 5.91 Å². The highest BCUT2D eigenvalue weighted by Crippen LogP contribution is 2.24. The van der Waals surface area contributed by atoms with Gasteiger partial charge in [0.2, 0.25) is 5.91 Å². The molecule has 1 unspecified atom stereocenters. The van der Waals surface area contributed by atoms with Crippen molar-refractivity contribution in [1.29, 1.82) is 0 Å². The largest absolute Gasteiger partial charge is 0.356 e. The quantitative estimate of drug-likeness (QED) is 0.933. The summed E-state index contributed by atoms with van der Waals surface area (Å²) in [6, 6.07) is 5.90. The fourth-order valence-electron chi connectivity index (χ4n) is 3.07. The lowest BCUT2D eigenvalue weighted by Gasteiger charge is -2.33. The van der Waals surface area contributed by atoms with Gasteiger partial charge in [-0.2, -0.15) is 0 Å². The molecule has 0 radical (unpaired) electrons. The van der Waals surface area contributed by atoms with E-state index in [0.717, 1.165) is 49.6 Å². The third-order valence-electron chi connectivity index (χ3n) is 4.24. The standard InChI is InChI=1S/C18H23N5O/c1-13-9-17(22-18(21-13)16-6-3-7-19-11-16)23-8-4-5-15(12-23)10-20-14(2)24/h3,6-7,9,11,15H,4-5,8,10,12H2,1-2H3,(H,20,24). The van der Waals surface area contributed by atoms with Gasteiger partial charge < -0.3 is 10.2 Å². The van der Waals surface area contributed by atoms with E-state index in [0.29, 0.717) is 11.7 Å². The molecule has 6 nitrogen and oxygen atoms in total. The number of amides is 1. The smallest absolute Gasteiger partial charge is 0.216 e. The Balaban J connectivity index is 1.78. The molecule has 1 aliphatic rings. The summed E-state index contributed by atoms with van der Waals surface area (Å²) in [5.41, 5.74) is 1.87. The number of hydrogen-bond donors (Lipinski definition) is 1. The number of hydrogen-bond acceptors (Lipinski definition) is 5. The first-order chi connectivity index (χ1) is 11.6. The summed E-state index contributed by atoms with van der Waals surface area (Å²) in [6.45, 7) is 6.17. The highest BCUT2D eigenvalue weighted by atomic mass is 16.1. The summed E-state index contributed by atoms with van der Waals surface area (Å²) >= 11 is 0. The number of rotatable bonds is 4. The van der Waals surface area contributed by atoms with Crippen LogP contribution in [0, 0.1) is 12.8 Å².